The molecule has 2 aromatic rings. The highest BCUT2D eigenvalue weighted by molar-refractivity contribution is 9.10. The second-order valence-corrected chi connectivity index (χ2v) is 6.05. The standard InChI is InChI=1S/C18H14BrF4N/c19-18(22,23)17(20,21)12-11-16(15-9-5-2-6-10-15)24-13-14-7-3-1-4-8-14/h1-10,16,24H,13H2. The highest BCUT2D eigenvalue weighted by Crippen LogP contribution is 2.38. The van der Waals surface area contributed by atoms with Gasteiger partial charge >= 0.3 is 10.8 Å². The van der Waals surface area contributed by atoms with Crippen LogP contribution in [0.2, 0.25) is 0 Å². The Morgan fingerprint density at radius 1 is 0.917 bits per heavy atom. The van der Waals surface area contributed by atoms with E-state index in [1.807, 2.05) is 30.3 Å². The smallest absolute Gasteiger partial charge is 0.296 e. The molecule has 0 spiro atoms. The second-order valence-electron chi connectivity index (χ2n) is 5.05. The lowest BCUT2D eigenvalue weighted by molar-refractivity contribution is -0.104. The van der Waals surface area contributed by atoms with Crippen LogP contribution in [0.4, 0.5) is 17.6 Å². The van der Waals surface area contributed by atoms with Gasteiger partial charge < -0.3 is 0 Å². The third-order valence-electron chi connectivity index (χ3n) is 3.22. The number of rotatable bonds is 5. The summed E-state index contributed by atoms with van der Waals surface area (Å²) in [5.74, 6) is -0.841. The lowest BCUT2D eigenvalue weighted by Crippen LogP contribution is -2.33. The molecule has 1 atom stereocenters. The molecule has 0 aromatic heterocycles. The van der Waals surface area contributed by atoms with E-state index in [-0.39, 0.29) is 0 Å². The average Bonchev–Trinajstić information content (AvgIpc) is 2.55. The van der Waals surface area contributed by atoms with E-state index in [0.717, 1.165) is 5.56 Å². The molecule has 0 amide bonds. The van der Waals surface area contributed by atoms with Crippen molar-refractivity contribution in [1.29, 1.82) is 0 Å². The van der Waals surface area contributed by atoms with E-state index in [1.165, 1.54) is 5.92 Å². The van der Waals surface area contributed by atoms with Gasteiger partial charge in [-0.25, -0.2) is 0 Å². The van der Waals surface area contributed by atoms with Crippen LogP contribution in [-0.4, -0.2) is 10.8 Å². The minimum atomic E-state index is -4.46. The van der Waals surface area contributed by atoms with Crippen molar-refractivity contribution in [2.45, 2.75) is 23.3 Å². The Balaban J connectivity index is 2.22. The maximum absolute atomic E-state index is 13.4. The predicted octanol–water partition coefficient (Wildman–Crippen LogP) is 5.14. The van der Waals surface area contributed by atoms with Crippen molar-refractivity contribution in [2.24, 2.45) is 0 Å². The first-order chi connectivity index (χ1) is 11.3. The fraction of sp³-hybridized carbons (Fsp3) is 0.222. The number of alkyl halides is 5. The molecule has 0 saturated heterocycles. The third kappa shape index (κ3) is 5.08. The van der Waals surface area contributed by atoms with E-state index in [0.29, 0.717) is 12.1 Å². The van der Waals surface area contributed by atoms with E-state index in [9.17, 15) is 17.6 Å². The summed E-state index contributed by atoms with van der Waals surface area (Å²) in [6.45, 7) is 0.366. The van der Waals surface area contributed by atoms with Gasteiger partial charge in [0.15, 0.2) is 0 Å². The Morgan fingerprint density at radius 3 is 2.00 bits per heavy atom. The highest BCUT2D eigenvalue weighted by atomic mass is 79.9. The van der Waals surface area contributed by atoms with Crippen LogP contribution < -0.4 is 5.32 Å². The minimum absolute atomic E-state index is 0.366. The number of hydrogen-bond donors (Lipinski definition) is 1. The first kappa shape index (κ1) is 18.5. The summed E-state index contributed by atoms with van der Waals surface area (Å²) in [5.41, 5.74) is 1.55. The van der Waals surface area contributed by atoms with Gasteiger partial charge in [-0.1, -0.05) is 66.6 Å². The van der Waals surface area contributed by atoms with Gasteiger partial charge in [-0.05, 0) is 33.0 Å². The number of halogens is 5. The molecule has 1 nitrogen and oxygen atoms in total. The summed E-state index contributed by atoms with van der Waals surface area (Å²) < 4.78 is 52.4. The fourth-order valence-corrected chi connectivity index (χ4v) is 2.05. The Kier molecular flexibility index (Phi) is 6.03. The van der Waals surface area contributed by atoms with Crippen molar-refractivity contribution >= 4 is 15.9 Å². The van der Waals surface area contributed by atoms with Crippen LogP contribution in [0.5, 0.6) is 0 Å². The Hall–Kier alpha value is -1.84. The Bertz CT molecular complexity index is 703. The Morgan fingerprint density at radius 2 is 1.46 bits per heavy atom. The zero-order valence-corrected chi connectivity index (χ0v) is 14.0. The van der Waals surface area contributed by atoms with Crippen molar-refractivity contribution in [2.75, 3.05) is 0 Å². The van der Waals surface area contributed by atoms with Crippen LogP contribution in [0.1, 0.15) is 17.2 Å². The summed E-state index contributed by atoms with van der Waals surface area (Å²) >= 11 is 1.68. The summed E-state index contributed by atoms with van der Waals surface area (Å²) in [6.07, 6.45) is 0. The van der Waals surface area contributed by atoms with Crippen molar-refractivity contribution in [1.82, 2.24) is 5.32 Å². The monoisotopic (exact) mass is 399 g/mol. The molecule has 1 unspecified atom stereocenters. The van der Waals surface area contributed by atoms with Gasteiger partial charge in [0.05, 0.1) is 6.04 Å². The maximum atomic E-state index is 13.4. The van der Waals surface area contributed by atoms with Gasteiger partial charge in [-0.3, -0.25) is 5.32 Å². The summed E-state index contributed by atoms with van der Waals surface area (Å²) in [5, 5.41) is 3.01. The summed E-state index contributed by atoms with van der Waals surface area (Å²) in [6, 6.07) is 17.1. The van der Waals surface area contributed by atoms with Crippen molar-refractivity contribution in [3.63, 3.8) is 0 Å². The van der Waals surface area contributed by atoms with Crippen LogP contribution in [0, 0.1) is 11.8 Å². The van der Waals surface area contributed by atoms with Gasteiger partial charge in [0.1, 0.15) is 0 Å². The molecule has 0 aliphatic rings. The molecule has 0 saturated carbocycles. The number of nitrogens with one attached hydrogen (secondary N) is 1. The molecule has 0 radical (unpaired) electrons. The normalized spacial score (nSPS) is 13.0. The zero-order valence-electron chi connectivity index (χ0n) is 12.4. The van der Waals surface area contributed by atoms with E-state index >= 15 is 0 Å². The van der Waals surface area contributed by atoms with Gasteiger partial charge in [0.2, 0.25) is 0 Å². The maximum Gasteiger partial charge on any atom is 0.380 e. The molecule has 2 rings (SSSR count). The lowest BCUT2D eigenvalue weighted by atomic mass is 10.1. The molecule has 126 valence electrons. The summed E-state index contributed by atoms with van der Waals surface area (Å²) in [7, 11) is 0. The van der Waals surface area contributed by atoms with Gasteiger partial charge in [0, 0.05) is 6.54 Å². The quantitative estimate of drug-likeness (QED) is 0.416. The van der Waals surface area contributed by atoms with Gasteiger partial charge in [-0.2, -0.15) is 17.6 Å². The fourth-order valence-electron chi connectivity index (χ4n) is 1.95. The van der Waals surface area contributed by atoms with Crippen LogP contribution in [-0.2, 0) is 6.54 Å². The van der Waals surface area contributed by atoms with E-state index in [1.54, 1.807) is 46.3 Å². The van der Waals surface area contributed by atoms with E-state index in [2.05, 4.69) is 11.2 Å². The topological polar surface area (TPSA) is 12.0 Å². The van der Waals surface area contributed by atoms with E-state index in [4.69, 9.17) is 0 Å². The van der Waals surface area contributed by atoms with Gasteiger partial charge in [-0.15, -0.1) is 0 Å². The molecule has 1 N–H and O–H groups in total. The minimum Gasteiger partial charge on any atom is -0.296 e. The van der Waals surface area contributed by atoms with Crippen molar-refractivity contribution in [3.8, 4) is 11.8 Å². The van der Waals surface area contributed by atoms with Crippen LogP contribution in [0.15, 0.2) is 60.7 Å². The zero-order chi connectivity index (χ0) is 17.6. The molecule has 6 heteroatoms. The molecule has 0 bridgehead atoms. The Labute approximate surface area is 146 Å². The molecular weight excluding hydrogens is 386 g/mol. The SMILES string of the molecule is FC(F)(Br)C(F)(F)C#CC(NCc1ccccc1)c1ccccc1. The molecule has 0 aliphatic carbocycles. The van der Waals surface area contributed by atoms with Crippen LogP contribution in [0.3, 0.4) is 0 Å². The summed E-state index contributed by atoms with van der Waals surface area (Å²) in [4.78, 5) is -4.38. The van der Waals surface area contributed by atoms with Crippen molar-refractivity contribution in [3.05, 3.63) is 71.8 Å². The van der Waals surface area contributed by atoms with Crippen LogP contribution in [0.25, 0.3) is 0 Å². The van der Waals surface area contributed by atoms with Gasteiger partial charge in [0.25, 0.3) is 0 Å². The number of hydrogen-bond acceptors (Lipinski definition) is 1. The lowest BCUT2D eigenvalue weighted by Gasteiger charge is -2.17. The molecular formula is C18H14BrF4N. The first-order valence-electron chi connectivity index (χ1n) is 7.09. The van der Waals surface area contributed by atoms with Crippen LogP contribution >= 0.6 is 15.9 Å². The molecule has 0 heterocycles. The molecule has 24 heavy (non-hydrogen) atoms. The third-order valence-corrected chi connectivity index (χ3v) is 3.71. The van der Waals surface area contributed by atoms with E-state index < -0.39 is 16.8 Å². The predicted molar refractivity (Wildman–Crippen MR) is 89.1 cm³/mol. The van der Waals surface area contributed by atoms with Crippen molar-refractivity contribution < 1.29 is 17.6 Å². The largest absolute Gasteiger partial charge is 0.380 e. The number of benzene rings is 2. The average molecular weight is 400 g/mol. The highest BCUT2D eigenvalue weighted by Gasteiger charge is 2.53. The molecule has 2 aromatic carbocycles. The first-order valence-corrected chi connectivity index (χ1v) is 7.88. The molecule has 0 aliphatic heterocycles. The second kappa shape index (κ2) is 7.82. The molecule has 0 fully saturated rings.